The molecule has 180 valence electrons. The van der Waals surface area contributed by atoms with E-state index >= 15 is 0 Å². The van der Waals surface area contributed by atoms with Gasteiger partial charge in [-0.3, -0.25) is 9.59 Å². The number of aromatic nitrogens is 1. The number of anilines is 1. The van der Waals surface area contributed by atoms with Gasteiger partial charge in [0.15, 0.2) is 0 Å². The normalized spacial score (nSPS) is 19.7. The van der Waals surface area contributed by atoms with Gasteiger partial charge in [0.25, 0.3) is 5.91 Å². The quantitative estimate of drug-likeness (QED) is 0.550. The van der Waals surface area contributed by atoms with Crippen molar-refractivity contribution in [2.45, 2.75) is 46.2 Å². The molecule has 3 aromatic rings. The number of aryl methyl sites for hydroxylation is 2. The fourth-order valence-electron chi connectivity index (χ4n) is 5.59. The first-order valence-corrected chi connectivity index (χ1v) is 13.3. The molecule has 1 aromatic carbocycles. The van der Waals surface area contributed by atoms with Crippen molar-refractivity contribution in [3.63, 3.8) is 0 Å². The lowest BCUT2D eigenvalue weighted by Gasteiger charge is -2.43. The molecule has 4 heterocycles. The molecule has 2 amide bonds. The molecule has 0 radical (unpaired) electrons. The first-order valence-electron chi connectivity index (χ1n) is 12.4. The molecule has 2 aliphatic heterocycles. The van der Waals surface area contributed by atoms with Crippen LogP contribution >= 0.6 is 11.3 Å². The molecule has 1 atom stereocenters. The largest absolute Gasteiger partial charge is 0.365 e. The number of fused-ring (bicyclic) bond motifs is 1. The number of hydrogen-bond acceptors (Lipinski definition) is 4. The van der Waals surface area contributed by atoms with E-state index in [1.54, 1.807) is 11.3 Å². The minimum Gasteiger partial charge on any atom is -0.365 e. The SMILES string of the molecule is CCn1c(C(=O)N2CCC(C(=O)N3CCN(c4cccc(C)c4)[C@@H](C)C3)CC2)cc2sccc21. The smallest absolute Gasteiger partial charge is 0.270 e. The van der Waals surface area contributed by atoms with Gasteiger partial charge in [-0.2, -0.15) is 0 Å². The topological polar surface area (TPSA) is 48.8 Å². The molecule has 0 saturated carbocycles. The molecule has 7 heteroatoms. The minimum absolute atomic E-state index is 0.0169. The third-order valence-electron chi connectivity index (χ3n) is 7.46. The number of hydrogen-bond donors (Lipinski definition) is 0. The number of likely N-dealkylation sites (tertiary alicyclic amines) is 1. The lowest BCUT2D eigenvalue weighted by atomic mass is 9.94. The van der Waals surface area contributed by atoms with Gasteiger partial charge in [0.05, 0.1) is 10.2 Å². The molecule has 5 rings (SSSR count). The zero-order valence-corrected chi connectivity index (χ0v) is 21.2. The lowest BCUT2D eigenvalue weighted by molar-refractivity contribution is -0.137. The zero-order chi connectivity index (χ0) is 23.8. The van der Waals surface area contributed by atoms with Crippen LogP contribution in [0.4, 0.5) is 5.69 Å². The van der Waals surface area contributed by atoms with Crippen molar-refractivity contribution < 1.29 is 9.59 Å². The highest BCUT2D eigenvalue weighted by Gasteiger charge is 2.34. The third-order valence-corrected chi connectivity index (χ3v) is 8.32. The summed E-state index contributed by atoms with van der Waals surface area (Å²) in [7, 11) is 0. The molecule has 6 nitrogen and oxygen atoms in total. The predicted molar refractivity (Wildman–Crippen MR) is 139 cm³/mol. The van der Waals surface area contributed by atoms with Crippen LogP contribution in [0, 0.1) is 12.8 Å². The van der Waals surface area contributed by atoms with Gasteiger partial charge < -0.3 is 19.3 Å². The van der Waals surface area contributed by atoms with E-state index in [1.165, 1.54) is 11.3 Å². The Balaban J connectivity index is 1.18. The molecule has 0 unspecified atom stereocenters. The maximum Gasteiger partial charge on any atom is 0.270 e. The second-order valence-corrected chi connectivity index (χ2v) is 10.6. The van der Waals surface area contributed by atoms with Gasteiger partial charge >= 0.3 is 0 Å². The van der Waals surface area contributed by atoms with Gasteiger partial charge in [0.2, 0.25) is 5.91 Å². The highest BCUT2D eigenvalue weighted by Crippen LogP contribution is 2.29. The molecular formula is C27H34N4O2S. The van der Waals surface area contributed by atoms with Gasteiger partial charge in [-0.1, -0.05) is 12.1 Å². The van der Waals surface area contributed by atoms with Crippen LogP contribution in [0.1, 0.15) is 42.7 Å². The van der Waals surface area contributed by atoms with Gasteiger partial charge in [0.1, 0.15) is 5.69 Å². The number of rotatable bonds is 4. The van der Waals surface area contributed by atoms with E-state index < -0.39 is 0 Å². The van der Waals surface area contributed by atoms with Crippen LogP contribution in [0.2, 0.25) is 0 Å². The van der Waals surface area contributed by atoms with E-state index in [9.17, 15) is 9.59 Å². The summed E-state index contributed by atoms with van der Waals surface area (Å²) in [6.07, 6.45) is 1.50. The van der Waals surface area contributed by atoms with E-state index in [0.29, 0.717) is 13.1 Å². The summed E-state index contributed by atoms with van der Waals surface area (Å²) in [4.78, 5) is 33.0. The van der Waals surface area contributed by atoms with Crippen LogP contribution in [0.25, 0.3) is 10.2 Å². The first-order chi connectivity index (χ1) is 16.5. The van der Waals surface area contributed by atoms with E-state index in [-0.39, 0.29) is 23.8 Å². The molecule has 0 bridgehead atoms. The fourth-order valence-corrected chi connectivity index (χ4v) is 6.41. The predicted octanol–water partition coefficient (Wildman–Crippen LogP) is 4.62. The summed E-state index contributed by atoms with van der Waals surface area (Å²) in [5.41, 5.74) is 4.41. The van der Waals surface area contributed by atoms with Crippen LogP contribution in [-0.4, -0.2) is 64.9 Å². The first kappa shape index (κ1) is 23.0. The number of benzene rings is 1. The van der Waals surface area contributed by atoms with Crippen molar-refractivity contribution in [2.24, 2.45) is 5.92 Å². The Bertz CT molecular complexity index is 1190. The van der Waals surface area contributed by atoms with Crippen molar-refractivity contribution >= 4 is 39.1 Å². The summed E-state index contributed by atoms with van der Waals surface area (Å²) in [5.74, 6) is 0.375. The summed E-state index contributed by atoms with van der Waals surface area (Å²) in [6.45, 7) is 10.9. The molecule has 2 saturated heterocycles. The van der Waals surface area contributed by atoms with Crippen LogP contribution in [0.3, 0.4) is 0 Å². The number of amides is 2. The average Bonchev–Trinajstić information content (AvgIpc) is 3.44. The molecule has 2 fully saturated rings. The van der Waals surface area contributed by atoms with Gasteiger partial charge in [-0.05, 0) is 68.8 Å². The number of carbonyl (C=O) groups is 2. The molecule has 34 heavy (non-hydrogen) atoms. The number of carbonyl (C=O) groups excluding carboxylic acids is 2. The van der Waals surface area contributed by atoms with Gasteiger partial charge in [0, 0.05) is 56.9 Å². The monoisotopic (exact) mass is 478 g/mol. The Morgan fingerprint density at radius 2 is 1.82 bits per heavy atom. The van der Waals surface area contributed by atoms with E-state index in [0.717, 1.165) is 54.9 Å². The minimum atomic E-state index is 0.0169. The lowest BCUT2D eigenvalue weighted by Crippen LogP contribution is -2.55. The summed E-state index contributed by atoms with van der Waals surface area (Å²) in [5, 5.41) is 2.07. The van der Waals surface area contributed by atoms with Crippen LogP contribution in [0.5, 0.6) is 0 Å². The van der Waals surface area contributed by atoms with Crippen molar-refractivity contribution in [3.05, 3.63) is 53.0 Å². The van der Waals surface area contributed by atoms with E-state index in [2.05, 4.69) is 70.9 Å². The Kier molecular flexibility index (Phi) is 6.38. The third kappa shape index (κ3) is 4.22. The zero-order valence-electron chi connectivity index (χ0n) is 20.4. The standard InChI is InChI=1S/C27H34N4O2S/c1-4-30-23-10-15-34-25(23)17-24(30)27(33)28-11-8-21(9-12-28)26(32)29-13-14-31(20(3)18-29)22-7-5-6-19(2)16-22/h5-7,10,15-17,20-21H,4,8-9,11-14,18H2,1-3H3/t20-/m0/s1. The van der Waals surface area contributed by atoms with Gasteiger partial charge in [-0.15, -0.1) is 11.3 Å². The van der Waals surface area contributed by atoms with Crippen LogP contribution in [-0.2, 0) is 11.3 Å². The number of piperidine rings is 1. The second kappa shape index (κ2) is 9.45. The summed E-state index contributed by atoms with van der Waals surface area (Å²) < 4.78 is 3.27. The molecule has 2 aromatic heterocycles. The maximum absolute atomic E-state index is 13.3. The Labute approximate surface area is 205 Å². The van der Waals surface area contributed by atoms with E-state index in [1.807, 2.05) is 11.0 Å². The molecule has 2 aliphatic rings. The van der Waals surface area contributed by atoms with Crippen molar-refractivity contribution in [2.75, 3.05) is 37.6 Å². The maximum atomic E-state index is 13.3. The molecular weight excluding hydrogens is 444 g/mol. The number of piperazine rings is 1. The second-order valence-electron chi connectivity index (χ2n) is 9.68. The van der Waals surface area contributed by atoms with Crippen LogP contribution in [0.15, 0.2) is 41.8 Å². The Morgan fingerprint density at radius 3 is 2.53 bits per heavy atom. The highest BCUT2D eigenvalue weighted by atomic mass is 32.1. The van der Waals surface area contributed by atoms with E-state index in [4.69, 9.17) is 0 Å². The van der Waals surface area contributed by atoms with Crippen molar-refractivity contribution in [1.82, 2.24) is 14.4 Å². The van der Waals surface area contributed by atoms with Crippen LogP contribution < -0.4 is 4.90 Å². The average molecular weight is 479 g/mol. The van der Waals surface area contributed by atoms with Crippen molar-refractivity contribution in [1.29, 1.82) is 0 Å². The fraction of sp³-hybridized carbons (Fsp3) is 0.481. The Hall–Kier alpha value is -2.80. The summed E-state index contributed by atoms with van der Waals surface area (Å²) >= 11 is 1.68. The molecule has 0 N–H and O–H groups in total. The Morgan fingerprint density at radius 1 is 1.03 bits per heavy atom. The van der Waals surface area contributed by atoms with Gasteiger partial charge in [-0.25, -0.2) is 0 Å². The molecule has 0 aliphatic carbocycles. The molecule has 0 spiro atoms. The number of thiophene rings is 1. The van der Waals surface area contributed by atoms with Crippen molar-refractivity contribution in [3.8, 4) is 0 Å². The number of nitrogens with zero attached hydrogens (tertiary/aromatic N) is 4. The summed E-state index contributed by atoms with van der Waals surface area (Å²) in [6, 6.07) is 13.0. The highest BCUT2D eigenvalue weighted by molar-refractivity contribution is 7.17.